The molecule has 1 rings (SSSR count). The molecule has 0 aromatic heterocycles. The number of hydrogen-bond acceptors (Lipinski definition) is 3. The molecule has 1 unspecified atom stereocenters. The molecule has 0 bridgehead atoms. The summed E-state index contributed by atoms with van der Waals surface area (Å²) in [5.74, 6) is 0.108. The highest BCUT2D eigenvalue weighted by molar-refractivity contribution is 5.78. The van der Waals surface area contributed by atoms with Gasteiger partial charge in [0, 0.05) is 12.6 Å². The molecule has 0 radical (unpaired) electrons. The fraction of sp³-hybridized carbons (Fsp3) is 0.929. The largest absolute Gasteiger partial charge is 0.375 e. The number of carbonyl (C=O) groups is 1. The van der Waals surface area contributed by atoms with Crippen molar-refractivity contribution in [3.8, 4) is 0 Å². The lowest BCUT2D eigenvalue weighted by Crippen LogP contribution is -2.49. The SMILES string of the molecule is CCCNCC(=O)NC1CCOC(CC)(CC)C1. The van der Waals surface area contributed by atoms with Crippen LogP contribution in [0.3, 0.4) is 0 Å². The molecule has 1 heterocycles. The van der Waals surface area contributed by atoms with E-state index in [-0.39, 0.29) is 17.6 Å². The first-order valence-corrected chi connectivity index (χ1v) is 7.29. The molecule has 0 aliphatic carbocycles. The second-order valence-electron chi connectivity index (χ2n) is 5.17. The highest BCUT2D eigenvalue weighted by Crippen LogP contribution is 2.31. The number of ether oxygens (including phenoxy) is 1. The maximum atomic E-state index is 11.8. The van der Waals surface area contributed by atoms with Crippen molar-refractivity contribution in [2.75, 3.05) is 19.7 Å². The second kappa shape index (κ2) is 7.74. The minimum Gasteiger partial charge on any atom is -0.375 e. The van der Waals surface area contributed by atoms with Crippen molar-refractivity contribution in [1.29, 1.82) is 0 Å². The second-order valence-corrected chi connectivity index (χ2v) is 5.17. The van der Waals surface area contributed by atoms with Crippen molar-refractivity contribution in [1.82, 2.24) is 10.6 Å². The first kappa shape index (κ1) is 15.4. The van der Waals surface area contributed by atoms with Crippen LogP contribution >= 0.6 is 0 Å². The van der Waals surface area contributed by atoms with E-state index in [9.17, 15) is 4.79 Å². The third-order valence-electron chi connectivity index (χ3n) is 3.86. The monoisotopic (exact) mass is 256 g/mol. The zero-order chi connectivity index (χ0) is 13.4. The molecule has 4 heteroatoms. The number of nitrogens with one attached hydrogen (secondary N) is 2. The molecule has 106 valence electrons. The van der Waals surface area contributed by atoms with E-state index >= 15 is 0 Å². The number of carbonyl (C=O) groups excluding carboxylic acids is 1. The summed E-state index contributed by atoms with van der Waals surface area (Å²) >= 11 is 0. The van der Waals surface area contributed by atoms with Crippen LogP contribution in [0.25, 0.3) is 0 Å². The summed E-state index contributed by atoms with van der Waals surface area (Å²) in [4.78, 5) is 11.8. The van der Waals surface area contributed by atoms with Crippen LogP contribution in [0, 0.1) is 0 Å². The molecule has 0 saturated carbocycles. The van der Waals surface area contributed by atoms with Gasteiger partial charge in [0.25, 0.3) is 0 Å². The molecule has 1 amide bonds. The highest BCUT2D eigenvalue weighted by Gasteiger charge is 2.34. The van der Waals surface area contributed by atoms with Crippen molar-refractivity contribution < 1.29 is 9.53 Å². The van der Waals surface area contributed by atoms with Crippen molar-refractivity contribution in [2.45, 2.75) is 64.5 Å². The summed E-state index contributed by atoms with van der Waals surface area (Å²) in [6.07, 6.45) is 4.97. The number of amides is 1. The van der Waals surface area contributed by atoms with Gasteiger partial charge in [-0.15, -0.1) is 0 Å². The van der Waals surface area contributed by atoms with Crippen molar-refractivity contribution >= 4 is 5.91 Å². The Labute approximate surface area is 111 Å². The van der Waals surface area contributed by atoms with E-state index in [4.69, 9.17) is 4.74 Å². The van der Waals surface area contributed by atoms with E-state index < -0.39 is 0 Å². The lowest BCUT2D eigenvalue weighted by Gasteiger charge is -2.40. The zero-order valence-corrected chi connectivity index (χ0v) is 12.1. The van der Waals surface area contributed by atoms with Crippen molar-refractivity contribution in [2.24, 2.45) is 0 Å². The van der Waals surface area contributed by atoms with Gasteiger partial charge < -0.3 is 15.4 Å². The van der Waals surface area contributed by atoms with Crippen LogP contribution in [0.15, 0.2) is 0 Å². The highest BCUT2D eigenvalue weighted by atomic mass is 16.5. The zero-order valence-electron chi connectivity index (χ0n) is 12.1. The topological polar surface area (TPSA) is 50.4 Å². The van der Waals surface area contributed by atoms with Gasteiger partial charge in [0.05, 0.1) is 12.1 Å². The van der Waals surface area contributed by atoms with Crippen LogP contribution in [-0.2, 0) is 9.53 Å². The van der Waals surface area contributed by atoms with Crippen molar-refractivity contribution in [3.05, 3.63) is 0 Å². The Morgan fingerprint density at radius 1 is 1.33 bits per heavy atom. The molecular formula is C14H28N2O2. The maximum Gasteiger partial charge on any atom is 0.234 e. The molecule has 1 fully saturated rings. The molecular weight excluding hydrogens is 228 g/mol. The van der Waals surface area contributed by atoms with Gasteiger partial charge in [-0.2, -0.15) is 0 Å². The molecule has 4 nitrogen and oxygen atoms in total. The molecule has 2 N–H and O–H groups in total. The fourth-order valence-electron chi connectivity index (χ4n) is 2.55. The normalized spacial score (nSPS) is 22.7. The van der Waals surface area contributed by atoms with Gasteiger partial charge in [0.2, 0.25) is 5.91 Å². The lowest BCUT2D eigenvalue weighted by atomic mass is 9.86. The van der Waals surface area contributed by atoms with Crippen LogP contribution in [0.5, 0.6) is 0 Å². The van der Waals surface area contributed by atoms with Gasteiger partial charge in [0.15, 0.2) is 0 Å². The predicted molar refractivity (Wildman–Crippen MR) is 73.6 cm³/mol. The van der Waals surface area contributed by atoms with Gasteiger partial charge in [0.1, 0.15) is 0 Å². The average Bonchev–Trinajstić information content (AvgIpc) is 2.39. The molecule has 1 atom stereocenters. The van der Waals surface area contributed by atoms with E-state index in [1.807, 2.05) is 0 Å². The lowest BCUT2D eigenvalue weighted by molar-refractivity contribution is -0.125. The van der Waals surface area contributed by atoms with Crippen LogP contribution in [0.1, 0.15) is 52.9 Å². The Kier molecular flexibility index (Phi) is 6.65. The first-order valence-electron chi connectivity index (χ1n) is 7.29. The van der Waals surface area contributed by atoms with E-state index in [0.717, 1.165) is 45.3 Å². The van der Waals surface area contributed by atoms with Gasteiger partial charge >= 0.3 is 0 Å². The van der Waals surface area contributed by atoms with Gasteiger partial charge in [-0.1, -0.05) is 20.8 Å². The Hall–Kier alpha value is -0.610. The maximum absolute atomic E-state index is 11.8. The van der Waals surface area contributed by atoms with E-state index in [2.05, 4.69) is 31.4 Å². The minimum absolute atomic E-state index is 0.0208. The Morgan fingerprint density at radius 2 is 2.06 bits per heavy atom. The quantitative estimate of drug-likeness (QED) is 0.683. The molecule has 0 aromatic carbocycles. The van der Waals surface area contributed by atoms with Gasteiger partial charge in [-0.05, 0) is 38.6 Å². The van der Waals surface area contributed by atoms with Crippen LogP contribution in [-0.4, -0.2) is 37.2 Å². The predicted octanol–water partition coefficient (Wildman–Crippen LogP) is 1.84. The molecule has 1 saturated heterocycles. The Bertz CT molecular complexity index is 252. The molecule has 1 aliphatic heterocycles. The summed E-state index contributed by atoms with van der Waals surface area (Å²) in [5.41, 5.74) is -0.0208. The average molecular weight is 256 g/mol. The standard InChI is InChI=1S/C14H28N2O2/c1-4-8-15-11-13(17)16-12-7-9-18-14(5-2,6-3)10-12/h12,15H,4-11H2,1-3H3,(H,16,17). The number of hydrogen-bond donors (Lipinski definition) is 2. The van der Waals surface area contributed by atoms with Gasteiger partial charge in [-0.25, -0.2) is 0 Å². The van der Waals surface area contributed by atoms with Crippen LogP contribution < -0.4 is 10.6 Å². The smallest absolute Gasteiger partial charge is 0.234 e. The molecule has 0 aromatic rings. The Balaban J connectivity index is 2.35. The first-order chi connectivity index (χ1) is 8.65. The fourth-order valence-corrected chi connectivity index (χ4v) is 2.55. The van der Waals surface area contributed by atoms with Gasteiger partial charge in [-0.3, -0.25) is 4.79 Å². The van der Waals surface area contributed by atoms with Crippen molar-refractivity contribution in [3.63, 3.8) is 0 Å². The number of rotatable bonds is 7. The summed E-state index contributed by atoms with van der Waals surface area (Å²) in [7, 11) is 0. The van der Waals surface area contributed by atoms with E-state index in [0.29, 0.717) is 6.54 Å². The minimum atomic E-state index is -0.0208. The molecule has 1 aliphatic rings. The van der Waals surface area contributed by atoms with E-state index in [1.165, 1.54) is 0 Å². The van der Waals surface area contributed by atoms with Crippen LogP contribution in [0.4, 0.5) is 0 Å². The molecule has 0 spiro atoms. The summed E-state index contributed by atoms with van der Waals surface area (Å²) in [6, 6.07) is 0.273. The third kappa shape index (κ3) is 4.58. The third-order valence-corrected chi connectivity index (χ3v) is 3.86. The summed E-state index contributed by atoms with van der Waals surface area (Å²) in [5, 5.41) is 6.25. The Morgan fingerprint density at radius 3 is 2.67 bits per heavy atom. The molecule has 18 heavy (non-hydrogen) atoms. The van der Waals surface area contributed by atoms with E-state index in [1.54, 1.807) is 0 Å². The summed E-state index contributed by atoms with van der Waals surface area (Å²) < 4.78 is 5.91. The van der Waals surface area contributed by atoms with Crippen LogP contribution in [0.2, 0.25) is 0 Å². The summed E-state index contributed by atoms with van der Waals surface area (Å²) in [6.45, 7) is 8.51.